The summed E-state index contributed by atoms with van der Waals surface area (Å²) in [5.74, 6) is -0.504. The summed E-state index contributed by atoms with van der Waals surface area (Å²) in [5, 5.41) is 2.05. The van der Waals surface area contributed by atoms with E-state index in [1.165, 1.54) is 19.2 Å². The fraction of sp³-hybridized carbons (Fsp3) is 0.417. The number of para-hydroxylation sites is 1. The Morgan fingerprint density at radius 1 is 1.33 bits per heavy atom. The van der Waals surface area contributed by atoms with Crippen LogP contribution < -0.4 is 10.1 Å². The number of hydrogen-bond acceptors (Lipinski definition) is 2. The highest BCUT2D eigenvalue weighted by Gasteiger charge is 2.64. The third-order valence-corrected chi connectivity index (χ3v) is 3.00. The Kier molecular flexibility index (Phi) is 2.96. The van der Waals surface area contributed by atoms with Crippen molar-refractivity contribution in [3.8, 4) is 5.75 Å². The summed E-state index contributed by atoms with van der Waals surface area (Å²) in [7, 11) is 1.36. The lowest BCUT2D eigenvalue weighted by atomic mass is 10.1. The lowest BCUT2D eigenvalue weighted by Gasteiger charge is -2.21. The van der Waals surface area contributed by atoms with E-state index < -0.39 is 17.6 Å². The Morgan fingerprint density at radius 3 is 2.44 bits per heavy atom. The Labute approximate surface area is 102 Å². The molecule has 0 atom stereocenters. The molecular weight excluding hydrogens is 247 g/mol. The van der Waals surface area contributed by atoms with E-state index in [-0.39, 0.29) is 24.2 Å². The van der Waals surface area contributed by atoms with E-state index >= 15 is 0 Å². The average molecular weight is 259 g/mol. The molecule has 98 valence electrons. The number of benzene rings is 1. The van der Waals surface area contributed by atoms with Crippen molar-refractivity contribution in [2.45, 2.75) is 24.6 Å². The van der Waals surface area contributed by atoms with Gasteiger partial charge in [-0.2, -0.15) is 13.2 Å². The molecule has 0 aliphatic heterocycles. The normalized spacial score (nSPS) is 17.1. The van der Waals surface area contributed by atoms with Crippen LogP contribution in [0.2, 0.25) is 0 Å². The summed E-state index contributed by atoms with van der Waals surface area (Å²) in [6.07, 6.45) is -4.56. The van der Waals surface area contributed by atoms with Crippen LogP contribution in [-0.2, 0) is 0 Å². The van der Waals surface area contributed by atoms with Crippen LogP contribution in [0.1, 0.15) is 23.2 Å². The van der Waals surface area contributed by atoms with Gasteiger partial charge in [-0.05, 0) is 25.0 Å². The van der Waals surface area contributed by atoms with Gasteiger partial charge in [-0.15, -0.1) is 0 Å². The number of ether oxygens (including phenoxy) is 1. The Morgan fingerprint density at radius 2 is 1.94 bits per heavy atom. The molecule has 0 bridgehead atoms. The highest BCUT2D eigenvalue weighted by Crippen LogP contribution is 2.49. The number of amides is 1. The smallest absolute Gasteiger partial charge is 0.411 e. The zero-order chi connectivity index (χ0) is 13.4. The number of methoxy groups -OCH3 is 1. The number of carbonyl (C=O) groups excluding carboxylic acids is 1. The van der Waals surface area contributed by atoms with Crippen molar-refractivity contribution in [2.75, 3.05) is 7.11 Å². The first kappa shape index (κ1) is 12.7. The van der Waals surface area contributed by atoms with Crippen LogP contribution in [0.4, 0.5) is 13.2 Å². The molecule has 1 aliphatic rings. The van der Waals surface area contributed by atoms with E-state index in [1.807, 2.05) is 0 Å². The predicted octanol–water partition coefficient (Wildman–Crippen LogP) is 2.52. The Hall–Kier alpha value is -1.72. The number of halogens is 3. The maximum absolute atomic E-state index is 12.7. The summed E-state index contributed by atoms with van der Waals surface area (Å²) in [5.41, 5.74) is -1.94. The molecule has 1 aliphatic carbocycles. The zero-order valence-electron chi connectivity index (χ0n) is 9.67. The van der Waals surface area contributed by atoms with Crippen LogP contribution in [0.3, 0.4) is 0 Å². The molecule has 3 nitrogen and oxygen atoms in total. The average Bonchev–Trinajstić information content (AvgIpc) is 3.09. The second kappa shape index (κ2) is 4.19. The van der Waals surface area contributed by atoms with Crippen LogP contribution in [0.15, 0.2) is 24.3 Å². The molecule has 1 aromatic carbocycles. The molecule has 0 spiro atoms. The molecule has 0 heterocycles. The zero-order valence-corrected chi connectivity index (χ0v) is 9.67. The van der Waals surface area contributed by atoms with Gasteiger partial charge in [-0.1, -0.05) is 12.1 Å². The molecule has 1 amide bonds. The van der Waals surface area contributed by atoms with E-state index in [9.17, 15) is 18.0 Å². The van der Waals surface area contributed by atoms with Gasteiger partial charge in [0, 0.05) is 0 Å². The van der Waals surface area contributed by atoms with E-state index in [0.29, 0.717) is 0 Å². The first-order valence-electron chi connectivity index (χ1n) is 5.42. The maximum atomic E-state index is 12.7. The lowest BCUT2D eigenvalue weighted by molar-refractivity contribution is -0.163. The van der Waals surface area contributed by atoms with Crippen molar-refractivity contribution in [2.24, 2.45) is 0 Å². The standard InChI is InChI=1S/C12H12F3NO2/c1-18-9-5-3-2-4-8(9)10(17)16-11(6-7-11)12(13,14)15/h2-5H,6-7H2,1H3,(H,16,17). The SMILES string of the molecule is COc1ccccc1C(=O)NC1(C(F)(F)F)CC1. The number of nitrogens with one attached hydrogen (secondary N) is 1. The number of rotatable bonds is 3. The first-order valence-corrected chi connectivity index (χ1v) is 5.42. The minimum atomic E-state index is -4.41. The van der Waals surface area contributed by atoms with Gasteiger partial charge in [0.05, 0.1) is 12.7 Å². The molecule has 1 N–H and O–H groups in total. The fourth-order valence-electron chi connectivity index (χ4n) is 1.72. The van der Waals surface area contributed by atoms with Gasteiger partial charge >= 0.3 is 6.18 Å². The maximum Gasteiger partial charge on any atom is 0.411 e. The molecule has 0 unspecified atom stereocenters. The van der Waals surface area contributed by atoms with Crippen molar-refractivity contribution in [1.82, 2.24) is 5.32 Å². The number of hydrogen-bond donors (Lipinski definition) is 1. The number of alkyl halides is 3. The fourth-order valence-corrected chi connectivity index (χ4v) is 1.72. The quantitative estimate of drug-likeness (QED) is 0.905. The van der Waals surface area contributed by atoms with Crippen molar-refractivity contribution >= 4 is 5.91 Å². The highest BCUT2D eigenvalue weighted by molar-refractivity contribution is 5.97. The van der Waals surface area contributed by atoms with E-state index in [2.05, 4.69) is 5.32 Å². The largest absolute Gasteiger partial charge is 0.496 e. The molecule has 0 saturated heterocycles. The third-order valence-electron chi connectivity index (χ3n) is 3.00. The minimum absolute atomic E-state index is 0.0720. The van der Waals surface area contributed by atoms with Gasteiger partial charge in [0.15, 0.2) is 0 Å². The van der Waals surface area contributed by atoms with Crippen LogP contribution in [0, 0.1) is 0 Å². The molecule has 0 radical (unpaired) electrons. The van der Waals surface area contributed by atoms with Crippen molar-refractivity contribution in [3.05, 3.63) is 29.8 Å². The lowest BCUT2D eigenvalue weighted by Crippen LogP contribution is -2.47. The monoisotopic (exact) mass is 259 g/mol. The highest BCUT2D eigenvalue weighted by atomic mass is 19.4. The first-order chi connectivity index (χ1) is 8.39. The van der Waals surface area contributed by atoms with Crippen molar-refractivity contribution in [3.63, 3.8) is 0 Å². The van der Waals surface area contributed by atoms with E-state index in [4.69, 9.17) is 4.74 Å². The van der Waals surface area contributed by atoms with Gasteiger partial charge in [0.1, 0.15) is 11.3 Å². The second-order valence-electron chi connectivity index (χ2n) is 4.23. The van der Waals surface area contributed by atoms with Gasteiger partial charge in [-0.25, -0.2) is 0 Å². The topological polar surface area (TPSA) is 38.3 Å². The van der Waals surface area contributed by atoms with Crippen LogP contribution in [0.5, 0.6) is 5.75 Å². The van der Waals surface area contributed by atoms with Crippen molar-refractivity contribution in [1.29, 1.82) is 0 Å². The third kappa shape index (κ3) is 2.14. The molecule has 6 heteroatoms. The Balaban J connectivity index is 2.19. The van der Waals surface area contributed by atoms with E-state index in [1.54, 1.807) is 12.1 Å². The summed E-state index contributed by atoms with van der Waals surface area (Å²) >= 11 is 0. The molecular formula is C12H12F3NO2. The summed E-state index contributed by atoms with van der Waals surface area (Å²) < 4.78 is 43.1. The van der Waals surface area contributed by atoms with Gasteiger partial charge in [0.25, 0.3) is 5.91 Å². The molecule has 0 aromatic heterocycles. The van der Waals surface area contributed by atoms with Crippen LogP contribution in [-0.4, -0.2) is 24.7 Å². The molecule has 18 heavy (non-hydrogen) atoms. The van der Waals surface area contributed by atoms with Gasteiger partial charge < -0.3 is 10.1 Å². The van der Waals surface area contributed by atoms with E-state index in [0.717, 1.165) is 0 Å². The minimum Gasteiger partial charge on any atom is -0.496 e. The summed E-state index contributed by atoms with van der Waals surface area (Å²) in [6, 6.07) is 6.18. The van der Waals surface area contributed by atoms with Crippen molar-refractivity contribution < 1.29 is 22.7 Å². The summed E-state index contributed by atoms with van der Waals surface area (Å²) in [6.45, 7) is 0. The molecule has 1 saturated carbocycles. The summed E-state index contributed by atoms with van der Waals surface area (Å²) in [4.78, 5) is 11.8. The number of carbonyl (C=O) groups is 1. The van der Waals surface area contributed by atoms with Gasteiger partial charge in [-0.3, -0.25) is 4.79 Å². The second-order valence-corrected chi connectivity index (χ2v) is 4.23. The predicted molar refractivity (Wildman–Crippen MR) is 58.5 cm³/mol. The van der Waals surface area contributed by atoms with Crippen LogP contribution >= 0.6 is 0 Å². The van der Waals surface area contributed by atoms with Gasteiger partial charge in [0.2, 0.25) is 0 Å². The Bertz CT molecular complexity index is 467. The molecule has 2 rings (SSSR count). The van der Waals surface area contributed by atoms with Crippen LogP contribution in [0.25, 0.3) is 0 Å². The molecule has 1 fully saturated rings. The molecule has 1 aromatic rings.